The van der Waals surface area contributed by atoms with Crippen LogP contribution >= 0.6 is 0 Å². The van der Waals surface area contributed by atoms with Crippen molar-refractivity contribution in [2.24, 2.45) is 5.92 Å². The first-order valence-electron chi connectivity index (χ1n) is 10.6. The van der Waals surface area contributed by atoms with Crippen molar-refractivity contribution in [1.29, 1.82) is 0 Å². The first-order valence-corrected chi connectivity index (χ1v) is 10.6. The van der Waals surface area contributed by atoms with Gasteiger partial charge in [-0.25, -0.2) is 4.79 Å². The molecule has 1 heterocycles. The molecule has 2 atom stereocenters. The predicted octanol–water partition coefficient (Wildman–Crippen LogP) is 4.43. The number of piperidine rings is 1. The molecular formula is C25H30N2O2. The number of benzene rings is 2. The van der Waals surface area contributed by atoms with Crippen LogP contribution in [0.25, 0.3) is 6.08 Å². The number of aromatic carboxylic acids is 1. The standard InChI is InChI=1S/C25H30N2O2/c1-18(15-19-5-3-2-4-6-19)23-16-24(23)26-22-11-13-27(14-12-22)17-20-7-9-21(10-8-20)25(28)29/h2-10,15,22-24,26H,11-14,16-17H2,1H3,(H,28,29)/t23-,24+/m0/s1. The second-order valence-corrected chi connectivity index (χ2v) is 8.47. The maximum atomic E-state index is 11.0. The van der Waals surface area contributed by atoms with Gasteiger partial charge < -0.3 is 10.4 Å². The molecule has 1 saturated heterocycles. The van der Waals surface area contributed by atoms with Crippen molar-refractivity contribution in [2.75, 3.05) is 13.1 Å². The average molecular weight is 391 g/mol. The summed E-state index contributed by atoms with van der Waals surface area (Å²) in [4.78, 5) is 13.4. The molecule has 4 heteroatoms. The fourth-order valence-corrected chi connectivity index (χ4v) is 4.37. The molecule has 2 aromatic carbocycles. The number of carboxylic acid groups (broad SMARTS) is 1. The van der Waals surface area contributed by atoms with Gasteiger partial charge in [-0.2, -0.15) is 0 Å². The maximum Gasteiger partial charge on any atom is 0.335 e. The van der Waals surface area contributed by atoms with Crippen LogP contribution in [0.5, 0.6) is 0 Å². The molecule has 2 aliphatic rings. The van der Waals surface area contributed by atoms with Crippen molar-refractivity contribution in [3.63, 3.8) is 0 Å². The lowest BCUT2D eigenvalue weighted by Gasteiger charge is -2.32. The Morgan fingerprint density at radius 3 is 2.45 bits per heavy atom. The summed E-state index contributed by atoms with van der Waals surface area (Å²) in [6.07, 6.45) is 5.94. The number of nitrogens with zero attached hydrogens (tertiary/aromatic N) is 1. The van der Waals surface area contributed by atoms with Crippen LogP contribution in [0.1, 0.15) is 47.7 Å². The molecule has 0 unspecified atom stereocenters. The zero-order chi connectivity index (χ0) is 20.2. The van der Waals surface area contributed by atoms with Gasteiger partial charge >= 0.3 is 5.97 Å². The molecule has 152 valence electrons. The fraction of sp³-hybridized carbons (Fsp3) is 0.400. The lowest BCUT2D eigenvalue weighted by atomic mass is 10.0. The minimum atomic E-state index is -0.865. The fourth-order valence-electron chi connectivity index (χ4n) is 4.37. The molecule has 2 fully saturated rings. The molecule has 29 heavy (non-hydrogen) atoms. The third-order valence-electron chi connectivity index (χ3n) is 6.21. The summed E-state index contributed by atoms with van der Waals surface area (Å²) in [5.74, 6) is -0.184. The van der Waals surface area contributed by atoms with E-state index in [-0.39, 0.29) is 0 Å². The van der Waals surface area contributed by atoms with Crippen LogP contribution in [0, 0.1) is 5.92 Å². The zero-order valence-corrected chi connectivity index (χ0v) is 17.1. The third-order valence-corrected chi connectivity index (χ3v) is 6.21. The monoisotopic (exact) mass is 390 g/mol. The van der Waals surface area contributed by atoms with Gasteiger partial charge in [0.2, 0.25) is 0 Å². The van der Waals surface area contributed by atoms with E-state index in [1.54, 1.807) is 12.1 Å². The van der Waals surface area contributed by atoms with Crippen LogP contribution in [-0.4, -0.2) is 41.1 Å². The average Bonchev–Trinajstić information content (AvgIpc) is 3.50. The molecule has 0 spiro atoms. The Kier molecular flexibility index (Phi) is 6.12. The quantitative estimate of drug-likeness (QED) is 0.734. The van der Waals surface area contributed by atoms with Gasteiger partial charge in [0.05, 0.1) is 5.56 Å². The molecule has 0 aromatic heterocycles. The molecule has 2 aromatic rings. The molecule has 0 bridgehead atoms. The summed E-state index contributed by atoms with van der Waals surface area (Å²) in [7, 11) is 0. The Morgan fingerprint density at radius 1 is 1.10 bits per heavy atom. The molecule has 1 saturated carbocycles. The lowest BCUT2D eigenvalue weighted by Crippen LogP contribution is -2.43. The van der Waals surface area contributed by atoms with Crippen LogP contribution in [0.3, 0.4) is 0 Å². The van der Waals surface area contributed by atoms with E-state index in [1.807, 2.05) is 12.1 Å². The molecule has 1 aliphatic carbocycles. The minimum Gasteiger partial charge on any atom is -0.478 e. The van der Waals surface area contributed by atoms with Crippen molar-refractivity contribution in [2.45, 2.75) is 44.8 Å². The predicted molar refractivity (Wildman–Crippen MR) is 117 cm³/mol. The number of rotatable bonds is 7. The van der Waals surface area contributed by atoms with Crippen LogP contribution < -0.4 is 5.32 Å². The van der Waals surface area contributed by atoms with E-state index in [4.69, 9.17) is 5.11 Å². The first kappa shape index (κ1) is 19.9. The molecule has 1 aliphatic heterocycles. The Morgan fingerprint density at radius 2 is 1.79 bits per heavy atom. The van der Waals surface area contributed by atoms with E-state index < -0.39 is 5.97 Å². The van der Waals surface area contributed by atoms with E-state index >= 15 is 0 Å². The van der Waals surface area contributed by atoms with E-state index in [0.717, 1.165) is 19.6 Å². The first-order chi connectivity index (χ1) is 14.1. The van der Waals surface area contributed by atoms with Gasteiger partial charge in [0.25, 0.3) is 0 Å². The van der Waals surface area contributed by atoms with Crippen molar-refractivity contribution in [1.82, 2.24) is 10.2 Å². The van der Waals surface area contributed by atoms with Crippen molar-refractivity contribution in [3.05, 3.63) is 76.9 Å². The van der Waals surface area contributed by atoms with Crippen LogP contribution in [0.15, 0.2) is 60.2 Å². The molecule has 0 amide bonds. The number of carbonyl (C=O) groups is 1. The number of nitrogens with one attached hydrogen (secondary N) is 1. The number of hydrogen-bond donors (Lipinski definition) is 2. The molecule has 2 N–H and O–H groups in total. The van der Waals surface area contributed by atoms with E-state index in [0.29, 0.717) is 23.6 Å². The van der Waals surface area contributed by atoms with Gasteiger partial charge in [0.1, 0.15) is 0 Å². The Hall–Kier alpha value is -2.43. The van der Waals surface area contributed by atoms with Crippen molar-refractivity contribution >= 4 is 12.0 Å². The highest BCUT2D eigenvalue weighted by molar-refractivity contribution is 5.87. The van der Waals surface area contributed by atoms with Gasteiger partial charge in [-0.3, -0.25) is 4.90 Å². The van der Waals surface area contributed by atoms with Crippen LogP contribution in [0.4, 0.5) is 0 Å². The zero-order valence-electron chi connectivity index (χ0n) is 17.1. The molecule has 4 nitrogen and oxygen atoms in total. The Bertz CT molecular complexity index is 852. The highest BCUT2D eigenvalue weighted by atomic mass is 16.4. The number of hydrogen-bond acceptors (Lipinski definition) is 3. The molecule has 4 rings (SSSR count). The lowest BCUT2D eigenvalue weighted by molar-refractivity contribution is 0.0697. The highest BCUT2D eigenvalue weighted by Gasteiger charge is 2.39. The van der Waals surface area contributed by atoms with E-state index in [2.05, 4.69) is 53.5 Å². The van der Waals surface area contributed by atoms with Crippen molar-refractivity contribution in [3.8, 4) is 0 Å². The van der Waals surface area contributed by atoms with Crippen LogP contribution in [-0.2, 0) is 6.54 Å². The van der Waals surface area contributed by atoms with E-state index in [9.17, 15) is 4.79 Å². The smallest absolute Gasteiger partial charge is 0.335 e. The third kappa shape index (κ3) is 5.34. The molecule has 0 radical (unpaired) electrons. The van der Waals surface area contributed by atoms with Crippen molar-refractivity contribution < 1.29 is 9.90 Å². The van der Waals surface area contributed by atoms with Gasteiger partial charge in [-0.1, -0.05) is 54.1 Å². The second kappa shape index (κ2) is 8.93. The largest absolute Gasteiger partial charge is 0.478 e. The van der Waals surface area contributed by atoms with Gasteiger partial charge in [0.15, 0.2) is 0 Å². The maximum absolute atomic E-state index is 11.0. The van der Waals surface area contributed by atoms with E-state index in [1.165, 1.54) is 36.0 Å². The number of likely N-dealkylation sites (tertiary alicyclic amines) is 1. The second-order valence-electron chi connectivity index (χ2n) is 8.47. The van der Waals surface area contributed by atoms with Crippen LogP contribution in [0.2, 0.25) is 0 Å². The Balaban J connectivity index is 1.21. The SMILES string of the molecule is CC(=Cc1ccccc1)[C@@H]1C[C@H]1NC1CCN(Cc2ccc(C(=O)O)cc2)CC1. The number of carboxylic acids is 1. The van der Waals surface area contributed by atoms with Gasteiger partial charge in [0, 0.05) is 18.6 Å². The highest BCUT2D eigenvalue weighted by Crippen LogP contribution is 2.38. The summed E-state index contributed by atoms with van der Waals surface area (Å²) >= 11 is 0. The minimum absolute atomic E-state index is 0.354. The van der Waals surface area contributed by atoms with Gasteiger partial charge in [-0.15, -0.1) is 0 Å². The normalized spacial score (nSPS) is 23.1. The summed E-state index contributed by atoms with van der Waals surface area (Å²) in [5.41, 5.74) is 4.31. The summed E-state index contributed by atoms with van der Waals surface area (Å²) in [5, 5.41) is 12.9. The summed E-state index contributed by atoms with van der Waals surface area (Å²) in [6.45, 7) is 5.35. The topological polar surface area (TPSA) is 52.6 Å². The Labute approximate surface area is 173 Å². The summed E-state index contributed by atoms with van der Waals surface area (Å²) < 4.78 is 0. The summed E-state index contributed by atoms with van der Waals surface area (Å²) in [6, 6.07) is 19.1. The van der Waals surface area contributed by atoms with Gasteiger partial charge in [-0.05, 0) is 68.5 Å². The molecular weight excluding hydrogens is 360 g/mol.